The van der Waals surface area contributed by atoms with Crippen molar-refractivity contribution >= 4 is 35.2 Å². The Balaban J connectivity index is 1.42. The van der Waals surface area contributed by atoms with E-state index in [0.717, 1.165) is 43.5 Å². The van der Waals surface area contributed by atoms with Crippen LogP contribution >= 0.6 is 23.2 Å². The highest BCUT2D eigenvalue weighted by Crippen LogP contribution is 2.35. The van der Waals surface area contributed by atoms with Crippen molar-refractivity contribution in [3.63, 3.8) is 0 Å². The van der Waals surface area contributed by atoms with Crippen LogP contribution in [0.2, 0.25) is 10.0 Å². The molecule has 35 heavy (non-hydrogen) atoms. The molecule has 1 aliphatic carbocycles. The number of ether oxygens (including phenoxy) is 1. The predicted octanol–water partition coefficient (Wildman–Crippen LogP) is 5.45. The zero-order chi connectivity index (χ0) is 24.9. The number of halogens is 2. The van der Waals surface area contributed by atoms with Gasteiger partial charge in [-0.3, -0.25) is 9.69 Å². The van der Waals surface area contributed by atoms with E-state index in [1.807, 2.05) is 17.0 Å². The number of urea groups is 1. The van der Waals surface area contributed by atoms with Crippen LogP contribution in [0.5, 0.6) is 0 Å². The van der Waals surface area contributed by atoms with Crippen LogP contribution in [0.1, 0.15) is 48.4 Å². The van der Waals surface area contributed by atoms with Crippen molar-refractivity contribution in [2.45, 2.75) is 44.7 Å². The number of benzene rings is 2. The molecular weight excluding hydrogens is 485 g/mol. The number of carbonyl (C=O) groups excluding carboxylic acids is 2. The van der Waals surface area contributed by atoms with Gasteiger partial charge in [0, 0.05) is 42.3 Å². The Bertz CT molecular complexity index is 1040. The zero-order valence-electron chi connectivity index (χ0n) is 20.3. The van der Waals surface area contributed by atoms with Crippen LogP contribution in [0.3, 0.4) is 0 Å². The van der Waals surface area contributed by atoms with Crippen molar-refractivity contribution in [3.8, 4) is 0 Å². The molecule has 2 amide bonds. The van der Waals surface area contributed by atoms with Gasteiger partial charge in [-0.25, -0.2) is 4.79 Å². The van der Waals surface area contributed by atoms with Crippen molar-refractivity contribution in [2.24, 2.45) is 5.92 Å². The number of aryl methyl sites for hydroxylation is 1. The summed E-state index contributed by atoms with van der Waals surface area (Å²) in [5.41, 5.74) is 3.37. The number of carbonyl (C=O) groups is 2. The topological polar surface area (TPSA) is 61.9 Å². The number of nitrogens with zero attached hydrogens (tertiary/aromatic N) is 2. The molecule has 1 aliphatic heterocycles. The molecule has 0 spiro atoms. The Kier molecular flexibility index (Phi) is 8.58. The van der Waals surface area contributed by atoms with Crippen molar-refractivity contribution in [2.75, 3.05) is 33.3 Å². The second-order valence-electron chi connectivity index (χ2n) is 9.54. The maximum Gasteiger partial charge on any atom is 0.317 e. The Labute approximate surface area is 217 Å². The minimum atomic E-state index is -0.180. The third-order valence-electron chi connectivity index (χ3n) is 7.15. The van der Waals surface area contributed by atoms with Crippen LogP contribution < -0.4 is 5.32 Å². The summed E-state index contributed by atoms with van der Waals surface area (Å²) in [6.07, 6.45) is 3.27. The first-order chi connectivity index (χ1) is 16.9. The predicted molar refractivity (Wildman–Crippen MR) is 139 cm³/mol. The van der Waals surface area contributed by atoms with E-state index >= 15 is 0 Å². The van der Waals surface area contributed by atoms with E-state index in [-0.39, 0.29) is 30.0 Å². The lowest BCUT2D eigenvalue weighted by molar-refractivity contribution is -0.146. The number of esters is 1. The van der Waals surface area contributed by atoms with Gasteiger partial charge in [-0.15, -0.1) is 0 Å². The summed E-state index contributed by atoms with van der Waals surface area (Å²) in [5.74, 6) is -0.309. The number of rotatable bonds is 5. The summed E-state index contributed by atoms with van der Waals surface area (Å²) >= 11 is 12.8. The fraction of sp³-hybridized carbons (Fsp3) is 0.481. The maximum absolute atomic E-state index is 13.0. The number of nitrogens with one attached hydrogen (secondary N) is 1. The van der Waals surface area contributed by atoms with Gasteiger partial charge in [0.15, 0.2) is 0 Å². The van der Waals surface area contributed by atoms with Crippen molar-refractivity contribution < 1.29 is 14.3 Å². The molecule has 2 fully saturated rings. The molecule has 1 N–H and O–H groups in total. The van der Waals surface area contributed by atoms with Crippen LogP contribution in [-0.4, -0.2) is 61.1 Å². The molecule has 8 heteroatoms. The van der Waals surface area contributed by atoms with Gasteiger partial charge in [-0.05, 0) is 49.4 Å². The molecule has 3 atom stereocenters. The lowest BCUT2D eigenvalue weighted by Gasteiger charge is -2.40. The second kappa shape index (κ2) is 11.6. The van der Waals surface area contributed by atoms with Crippen LogP contribution in [0, 0.1) is 12.8 Å². The average Bonchev–Trinajstić information content (AvgIpc) is 2.86. The standard InChI is InChI=1S/C27H33Cl2N3O3/c1-18-6-8-19(9-7-18)25(23-11-10-21(28)17-24(23)29)31-12-14-32(15-13-31)27(34)30-22-5-3-4-20(16-22)26(33)35-2/h6-11,17,20,22,25H,3-5,12-16H2,1-2H3,(H,30,34). The molecule has 2 aliphatic rings. The van der Waals surface area contributed by atoms with E-state index < -0.39 is 0 Å². The third kappa shape index (κ3) is 6.29. The zero-order valence-corrected chi connectivity index (χ0v) is 21.8. The minimum Gasteiger partial charge on any atom is -0.469 e. The molecule has 0 bridgehead atoms. The molecule has 0 radical (unpaired) electrons. The Morgan fingerprint density at radius 2 is 1.74 bits per heavy atom. The van der Waals surface area contributed by atoms with E-state index in [2.05, 4.69) is 41.4 Å². The van der Waals surface area contributed by atoms with Crippen molar-refractivity contribution in [1.82, 2.24) is 15.1 Å². The molecule has 1 saturated heterocycles. The Morgan fingerprint density at radius 3 is 2.40 bits per heavy atom. The molecule has 2 aromatic rings. The summed E-state index contributed by atoms with van der Waals surface area (Å²) in [6.45, 7) is 4.75. The molecular formula is C27H33Cl2N3O3. The highest BCUT2D eigenvalue weighted by Gasteiger charge is 2.32. The van der Waals surface area contributed by atoms with Crippen molar-refractivity contribution in [1.29, 1.82) is 0 Å². The molecule has 188 valence electrons. The van der Waals surface area contributed by atoms with Gasteiger partial charge in [0.25, 0.3) is 0 Å². The van der Waals surface area contributed by atoms with E-state index in [0.29, 0.717) is 29.6 Å². The van der Waals surface area contributed by atoms with E-state index in [1.165, 1.54) is 12.7 Å². The first-order valence-corrected chi connectivity index (χ1v) is 13.0. The number of piperazine rings is 1. The maximum atomic E-state index is 13.0. The van der Waals surface area contributed by atoms with Crippen LogP contribution in [0.4, 0.5) is 4.79 Å². The molecule has 6 nitrogen and oxygen atoms in total. The lowest BCUT2D eigenvalue weighted by Crippen LogP contribution is -2.54. The van der Waals surface area contributed by atoms with Gasteiger partial charge in [0.1, 0.15) is 0 Å². The molecule has 0 aromatic heterocycles. The minimum absolute atomic E-state index is 0.00607. The van der Waals surface area contributed by atoms with Gasteiger partial charge in [-0.1, -0.05) is 65.5 Å². The summed E-state index contributed by atoms with van der Waals surface area (Å²) in [4.78, 5) is 29.2. The second-order valence-corrected chi connectivity index (χ2v) is 10.4. The SMILES string of the molecule is COC(=O)C1CCCC(NC(=O)N2CCN(C(c3ccc(C)cc3)c3ccc(Cl)cc3Cl)CC2)C1. The largest absolute Gasteiger partial charge is 0.469 e. The fourth-order valence-corrected chi connectivity index (χ4v) is 5.72. The third-order valence-corrected chi connectivity index (χ3v) is 7.72. The average molecular weight is 518 g/mol. The fourth-order valence-electron chi connectivity index (χ4n) is 5.21. The summed E-state index contributed by atoms with van der Waals surface area (Å²) in [7, 11) is 1.42. The lowest BCUT2D eigenvalue weighted by atomic mass is 9.86. The van der Waals surface area contributed by atoms with Crippen LogP contribution in [0.25, 0.3) is 0 Å². The highest BCUT2D eigenvalue weighted by atomic mass is 35.5. The van der Waals surface area contributed by atoms with Crippen LogP contribution in [-0.2, 0) is 9.53 Å². The first-order valence-electron chi connectivity index (χ1n) is 12.2. The normalized spacial score (nSPS) is 21.9. The molecule has 3 unspecified atom stereocenters. The van der Waals surface area contributed by atoms with E-state index in [9.17, 15) is 9.59 Å². The molecule has 2 aromatic carbocycles. The summed E-state index contributed by atoms with van der Waals surface area (Å²) < 4.78 is 4.90. The highest BCUT2D eigenvalue weighted by molar-refractivity contribution is 6.35. The van der Waals surface area contributed by atoms with E-state index in [1.54, 1.807) is 6.07 Å². The van der Waals surface area contributed by atoms with Gasteiger partial charge in [0.2, 0.25) is 0 Å². The molecule has 1 heterocycles. The van der Waals surface area contributed by atoms with E-state index in [4.69, 9.17) is 27.9 Å². The smallest absolute Gasteiger partial charge is 0.317 e. The van der Waals surface area contributed by atoms with Gasteiger partial charge >= 0.3 is 12.0 Å². The first kappa shape index (κ1) is 25.8. The van der Waals surface area contributed by atoms with Gasteiger partial charge < -0.3 is 15.0 Å². The number of amides is 2. The molecule has 4 rings (SSSR count). The van der Waals surface area contributed by atoms with Gasteiger partial charge in [-0.2, -0.15) is 0 Å². The quantitative estimate of drug-likeness (QED) is 0.535. The van der Waals surface area contributed by atoms with Crippen LogP contribution in [0.15, 0.2) is 42.5 Å². The number of hydrogen-bond donors (Lipinski definition) is 1. The monoisotopic (exact) mass is 517 g/mol. The summed E-state index contributed by atoms with van der Waals surface area (Å²) in [6, 6.07) is 14.1. The van der Waals surface area contributed by atoms with Crippen molar-refractivity contribution in [3.05, 3.63) is 69.2 Å². The number of hydrogen-bond acceptors (Lipinski definition) is 4. The number of methoxy groups -OCH3 is 1. The Hall–Kier alpha value is -2.28. The summed E-state index contributed by atoms with van der Waals surface area (Å²) in [5, 5.41) is 4.40. The molecule has 1 saturated carbocycles. The van der Waals surface area contributed by atoms with Gasteiger partial charge in [0.05, 0.1) is 19.1 Å². The Morgan fingerprint density at radius 1 is 1.03 bits per heavy atom.